The number of rotatable bonds is 2. The summed E-state index contributed by atoms with van der Waals surface area (Å²) >= 11 is 0. The molecule has 0 aliphatic heterocycles. The Hall–Kier alpha value is -1.50. The van der Waals surface area contributed by atoms with Crippen LogP contribution in [0.5, 0.6) is 0 Å². The van der Waals surface area contributed by atoms with Gasteiger partial charge in [-0.2, -0.15) is 0 Å². The molecule has 0 aromatic heterocycles. The first-order chi connectivity index (χ1) is 10.3. The Bertz CT molecular complexity index is 609. The third-order valence-electron chi connectivity index (χ3n) is 5.86. The molecule has 1 heteroatoms. The van der Waals surface area contributed by atoms with E-state index in [1.165, 1.54) is 67.8 Å². The number of anilines is 1. The van der Waals surface area contributed by atoms with Crippen molar-refractivity contribution >= 4 is 16.5 Å². The standard InChI is InChI=1S/C20H25N/c1-2-8-18-16(6-1)7-5-9-19(18)21-17-10-14-20(15-11-17)12-3-4-13-20/h1-2,5-9,17,21H,3-4,10-15H2. The molecule has 2 aliphatic carbocycles. The predicted octanol–water partition coefficient (Wildman–Crippen LogP) is 5.75. The lowest BCUT2D eigenvalue weighted by Gasteiger charge is -2.38. The van der Waals surface area contributed by atoms with Crippen LogP contribution in [0, 0.1) is 5.41 Å². The molecule has 0 radical (unpaired) electrons. The maximum absolute atomic E-state index is 3.83. The first kappa shape index (κ1) is 13.2. The van der Waals surface area contributed by atoms with Crippen molar-refractivity contribution in [3.8, 4) is 0 Å². The van der Waals surface area contributed by atoms with E-state index >= 15 is 0 Å². The van der Waals surface area contributed by atoms with Crippen LogP contribution in [0.25, 0.3) is 10.8 Å². The highest BCUT2D eigenvalue weighted by molar-refractivity contribution is 5.93. The second-order valence-corrected chi connectivity index (χ2v) is 7.15. The molecule has 2 fully saturated rings. The van der Waals surface area contributed by atoms with E-state index in [0.29, 0.717) is 6.04 Å². The van der Waals surface area contributed by atoms with Crippen LogP contribution in [0.2, 0.25) is 0 Å². The average molecular weight is 279 g/mol. The summed E-state index contributed by atoms with van der Waals surface area (Å²) in [5, 5.41) is 6.53. The molecule has 0 saturated heterocycles. The van der Waals surface area contributed by atoms with Gasteiger partial charge in [0.1, 0.15) is 0 Å². The Kier molecular flexibility index (Phi) is 3.37. The minimum absolute atomic E-state index is 0.669. The fraction of sp³-hybridized carbons (Fsp3) is 0.500. The minimum Gasteiger partial charge on any atom is -0.382 e. The fourth-order valence-corrected chi connectivity index (χ4v) is 4.57. The van der Waals surface area contributed by atoms with Gasteiger partial charge in [0, 0.05) is 17.1 Å². The highest BCUT2D eigenvalue weighted by atomic mass is 14.9. The first-order valence-electron chi connectivity index (χ1n) is 8.59. The monoisotopic (exact) mass is 279 g/mol. The van der Waals surface area contributed by atoms with Crippen LogP contribution in [0.4, 0.5) is 5.69 Å². The summed E-state index contributed by atoms with van der Waals surface area (Å²) < 4.78 is 0. The Labute approximate surface area is 127 Å². The van der Waals surface area contributed by atoms with E-state index in [1.54, 1.807) is 0 Å². The summed E-state index contributed by atoms with van der Waals surface area (Å²) in [7, 11) is 0. The van der Waals surface area contributed by atoms with Gasteiger partial charge in [-0.15, -0.1) is 0 Å². The zero-order chi connectivity index (χ0) is 14.1. The highest BCUT2D eigenvalue weighted by Gasteiger charge is 2.37. The smallest absolute Gasteiger partial charge is 0.0422 e. The van der Waals surface area contributed by atoms with Crippen molar-refractivity contribution in [2.24, 2.45) is 5.41 Å². The van der Waals surface area contributed by atoms with Crippen molar-refractivity contribution in [2.75, 3.05) is 5.32 Å². The molecule has 1 N–H and O–H groups in total. The topological polar surface area (TPSA) is 12.0 Å². The van der Waals surface area contributed by atoms with Crippen LogP contribution in [-0.2, 0) is 0 Å². The molecule has 110 valence electrons. The zero-order valence-corrected chi connectivity index (χ0v) is 12.8. The highest BCUT2D eigenvalue weighted by Crippen LogP contribution is 2.49. The molecule has 0 amide bonds. The van der Waals surface area contributed by atoms with Crippen LogP contribution in [-0.4, -0.2) is 6.04 Å². The molecule has 0 bridgehead atoms. The lowest BCUT2D eigenvalue weighted by atomic mass is 9.71. The van der Waals surface area contributed by atoms with Gasteiger partial charge < -0.3 is 5.32 Å². The van der Waals surface area contributed by atoms with Gasteiger partial charge >= 0.3 is 0 Å². The lowest BCUT2D eigenvalue weighted by molar-refractivity contribution is 0.188. The predicted molar refractivity (Wildman–Crippen MR) is 90.7 cm³/mol. The van der Waals surface area contributed by atoms with Gasteiger partial charge in [-0.3, -0.25) is 0 Å². The summed E-state index contributed by atoms with van der Waals surface area (Å²) in [6, 6.07) is 16.0. The van der Waals surface area contributed by atoms with Crippen molar-refractivity contribution in [3.05, 3.63) is 42.5 Å². The third-order valence-corrected chi connectivity index (χ3v) is 5.86. The van der Waals surface area contributed by atoms with E-state index in [-0.39, 0.29) is 0 Å². The SMILES string of the molecule is c1ccc2c(NC3CCC4(CCCC4)CC3)cccc2c1. The Balaban J connectivity index is 1.49. The van der Waals surface area contributed by atoms with E-state index < -0.39 is 0 Å². The maximum Gasteiger partial charge on any atom is 0.0422 e. The molecule has 0 atom stereocenters. The van der Waals surface area contributed by atoms with E-state index in [2.05, 4.69) is 47.8 Å². The summed E-state index contributed by atoms with van der Waals surface area (Å²) in [6.45, 7) is 0. The van der Waals surface area contributed by atoms with Crippen molar-refractivity contribution < 1.29 is 0 Å². The molecule has 1 nitrogen and oxygen atoms in total. The van der Waals surface area contributed by atoms with Gasteiger partial charge in [-0.05, 0) is 55.4 Å². The summed E-state index contributed by atoms with van der Waals surface area (Å²) in [6.07, 6.45) is 11.5. The molecule has 2 aliphatic rings. The van der Waals surface area contributed by atoms with Crippen LogP contribution < -0.4 is 5.32 Å². The summed E-state index contributed by atoms with van der Waals surface area (Å²) in [4.78, 5) is 0. The molecule has 4 rings (SSSR count). The number of hydrogen-bond donors (Lipinski definition) is 1. The van der Waals surface area contributed by atoms with E-state index in [0.717, 1.165) is 5.41 Å². The van der Waals surface area contributed by atoms with Crippen molar-refractivity contribution in [1.29, 1.82) is 0 Å². The molecule has 2 aromatic rings. The van der Waals surface area contributed by atoms with Crippen LogP contribution >= 0.6 is 0 Å². The average Bonchev–Trinajstić information content (AvgIpc) is 2.99. The van der Waals surface area contributed by atoms with Gasteiger partial charge in [0.2, 0.25) is 0 Å². The molecule has 2 saturated carbocycles. The van der Waals surface area contributed by atoms with Gasteiger partial charge in [0.05, 0.1) is 0 Å². The van der Waals surface area contributed by atoms with Gasteiger partial charge in [-0.25, -0.2) is 0 Å². The second-order valence-electron chi connectivity index (χ2n) is 7.15. The van der Waals surface area contributed by atoms with Gasteiger partial charge in [0.25, 0.3) is 0 Å². The maximum atomic E-state index is 3.83. The summed E-state index contributed by atoms with van der Waals surface area (Å²) in [5.41, 5.74) is 2.05. The molecule has 0 heterocycles. The van der Waals surface area contributed by atoms with Crippen molar-refractivity contribution in [1.82, 2.24) is 0 Å². The fourth-order valence-electron chi connectivity index (χ4n) is 4.57. The summed E-state index contributed by atoms with van der Waals surface area (Å²) in [5.74, 6) is 0. The lowest BCUT2D eigenvalue weighted by Crippen LogP contribution is -2.31. The minimum atomic E-state index is 0.669. The molecule has 0 unspecified atom stereocenters. The van der Waals surface area contributed by atoms with Crippen molar-refractivity contribution in [3.63, 3.8) is 0 Å². The quantitative estimate of drug-likeness (QED) is 0.737. The molecule has 21 heavy (non-hydrogen) atoms. The first-order valence-corrected chi connectivity index (χ1v) is 8.59. The third kappa shape index (κ3) is 2.54. The molecule has 1 spiro atoms. The van der Waals surface area contributed by atoms with E-state index in [4.69, 9.17) is 0 Å². The Morgan fingerprint density at radius 1 is 0.810 bits per heavy atom. The Morgan fingerprint density at radius 2 is 1.52 bits per heavy atom. The zero-order valence-electron chi connectivity index (χ0n) is 12.8. The van der Waals surface area contributed by atoms with Crippen LogP contribution in [0.3, 0.4) is 0 Å². The van der Waals surface area contributed by atoms with E-state index in [9.17, 15) is 0 Å². The molecule has 2 aromatic carbocycles. The largest absolute Gasteiger partial charge is 0.382 e. The van der Waals surface area contributed by atoms with Gasteiger partial charge in [0.15, 0.2) is 0 Å². The number of nitrogens with one attached hydrogen (secondary N) is 1. The number of fused-ring (bicyclic) bond motifs is 1. The normalized spacial score (nSPS) is 21.9. The van der Waals surface area contributed by atoms with Crippen LogP contribution in [0.15, 0.2) is 42.5 Å². The van der Waals surface area contributed by atoms with Crippen molar-refractivity contribution in [2.45, 2.75) is 57.4 Å². The second kappa shape index (κ2) is 5.36. The number of hydrogen-bond acceptors (Lipinski definition) is 1. The van der Waals surface area contributed by atoms with Crippen LogP contribution in [0.1, 0.15) is 51.4 Å². The molecular formula is C20H25N. The van der Waals surface area contributed by atoms with Gasteiger partial charge in [-0.1, -0.05) is 49.2 Å². The molecular weight excluding hydrogens is 254 g/mol. The van der Waals surface area contributed by atoms with E-state index in [1.807, 2.05) is 0 Å². The Morgan fingerprint density at radius 3 is 2.33 bits per heavy atom. The number of benzene rings is 2.